The lowest BCUT2D eigenvalue weighted by Gasteiger charge is -2.32. The number of ether oxygens (including phenoxy) is 2. The number of hydrogen-bond acceptors (Lipinski definition) is 6. The molecular weight excluding hydrogens is 368 g/mol. The molecule has 8 heteroatoms. The van der Waals surface area contributed by atoms with Gasteiger partial charge in [-0.3, -0.25) is 14.4 Å². The molecule has 3 heterocycles. The van der Waals surface area contributed by atoms with Crippen LogP contribution < -0.4 is 9.47 Å². The SMILES string of the molecule is O=C(c1ccc2c(c1)OCCO2)C1CCN(C(=O)CN2CCSC2=O)CC1. The first-order valence-corrected chi connectivity index (χ1v) is 10.2. The Balaban J connectivity index is 1.32. The predicted molar refractivity (Wildman–Crippen MR) is 100 cm³/mol. The first-order valence-electron chi connectivity index (χ1n) is 9.25. The molecule has 1 aromatic carbocycles. The van der Waals surface area contributed by atoms with Gasteiger partial charge < -0.3 is 19.3 Å². The smallest absolute Gasteiger partial charge is 0.282 e. The first kappa shape index (κ1) is 18.2. The Morgan fingerprint density at radius 2 is 1.81 bits per heavy atom. The molecule has 0 unspecified atom stereocenters. The van der Waals surface area contributed by atoms with Crippen LogP contribution in [0.5, 0.6) is 11.5 Å². The van der Waals surface area contributed by atoms with E-state index < -0.39 is 0 Å². The quantitative estimate of drug-likeness (QED) is 0.733. The molecule has 0 radical (unpaired) electrons. The average Bonchev–Trinajstić information content (AvgIpc) is 3.11. The van der Waals surface area contributed by atoms with Gasteiger partial charge in [0.2, 0.25) is 5.91 Å². The van der Waals surface area contributed by atoms with Gasteiger partial charge in [-0.1, -0.05) is 11.8 Å². The Kier molecular flexibility index (Phi) is 5.24. The van der Waals surface area contributed by atoms with E-state index in [1.54, 1.807) is 28.0 Å². The third-order valence-electron chi connectivity index (χ3n) is 5.22. The van der Waals surface area contributed by atoms with Crippen molar-refractivity contribution in [2.45, 2.75) is 12.8 Å². The van der Waals surface area contributed by atoms with Crippen molar-refractivity contribution >= 4 is 28.7 Å². The fourth-order valence-corrected chi connectivity index (χ4v) is 4.48. The van der Waals surface area contributed by atoms with Crippen molar-refractivity contribution in [2.75, 3.05) is 45.1 Å². The van der Waals surface area contributed by atoms with Crippen molar-refractivity contribution < 1.29 is 23.9 Å². The van der Waals surface area contributed by atoms with E-state index in [1.807, 2.05) is 0 Å². The van der Waals surface area contributed by atoms with Crippen LogP contribution in [0.15, 0.2) is 18.2 Å². The monoisotopic (exact) mass is 390 g/mol. The first-order chi connectivity index (χ1) is 13.1. The summed E-state index contributed by atoms with van der Waals surface area (Å²) in [7, 11) is 0. The summed E-state index contributed by atoms with van der Waals surface area (Å²) < 4.78 is 11.1. The van der Waals surface area contributed by atoms with E-state index in [9.17, 15) is 14.4 Å². The van der Waals surface area contributed by atoms with Crippen LogP contribution in [0.25, 0.3) is 0 Å². The summed E-state index contributed by atoms with van der Waals surface area (Å²) in [5, 5.41) is -0.0213. The minimum atomic E-state index is -0.0967. The lowest BCUT2D eigenvalue weighted by atomic mass is 9.88. The molecule has 2 amide bonds. The maximum atomic E-state index is 12.8. The number of hydrogen-bond donors (Lipinski definition) is 0. The molecule has 0 aromatic heterocycles. The Labute approximate surface area is 162 Å². The molecule has 3 aliphatic heterocycles. The summed E-state index contributed by atoms with van der Waals surface area (Å²) in [5.41, 5.74) is 0.628. The predicted octanol–water partition coefficient (Wildman–Crippen LogP) is 2.05. The van der Waals surface area contributed by atoms with Gasteiger partial charge in [-0.25, -0.2) is 0 Å². The number of fused-ring (bicyclic) bond motifs is 1. The van der Waals surface area contributed by atoms with E-state index in [4.69, 9.17) is 9.47 Å². The van der Waals surface area contributed by atoms with Crippen LogP contribution in [-0.4, -0.2) is 71.9 Å². The molecule has 144 valence electrons. The van der Waals surface area contributed by atoms with Crippen LogP contribution in [0.4, 0.5) is 4.79 Å². The number of nitrogens with zero attached hydrogens (tertiary/aromatic N) is 2. The highest BCUT2D eigenvalue weighted by atomic mass is 32.2. The maximum absolute atomic E-state index is 12.8. The summed E-state index contributed by atoms with van der Waals surface area (Å²) in [6, 6.07) is 5.32. The van der Waals surface area contributed by atoms with Gasteiger partial charge in [-0.2, -0.15) is 0 Å². The number of thioether (sulfide) groups is 1. The zero-order valence-electron chi connectivity index (χ0n) is 15.0. The Morgan fingerprint density at radius 1 is 1.07 bits per heavy atom. The van der Waals surface area contributed by atoms with E-state index in [0.717, 1.165) is 5.75 Å². The highest BCUT2D eigenvalue weighted by Gasteiger charge is 2.31. The van der Waals surface area contributed by atoms with Crippen molar-refractivity contribution in [1.29, 1.82) is 0 Å². The summed E-state index contributed by atoms with van der Waals surface area (Å²) in [5.74, 6) is 2.00. The van der Waals surface area contributed by atoms with Gasteiger partial charge in [0.15, 0.2) is 17.3 Å². The van der Waals surface area contributed by atoms with E-state index in [1.165, 1.54) is 11.8 Å². The van der Waals surface area contributed by atoms with E-state index in [2.05, 4.69) is 0 Å². The number of benzene rings is 1. The number of amides is 2. The lowest BCUT2D eigenvalue weighted by molar-refractivity contribution is -0.132. The number of ketones is 1. The molecular formula is C19H22N2O5S. The number of Topliss-reactive ketones (excluding diaryl/α,β-unsaturated/α-hetero) is 1. The van der Waals surface area contributed by atoms with Crippen molar-refractivity contribution in [2.24, 2.45) is 5.92 Å². The van der Waals surface area contributed by atoms with Gasteiger partial charge in [0.25, 0.3) is 5.24 Å². The molecule has 0 spiro atoms. The minimum absolute atomic E-state index is 0.0213. The standard InChI is InChI=1S/C19H22N2O5S/c22-17(12-21-7-10-27-19(21)24)20-5-3-13(4-6-20)18(23)14-1-2-15-16(11-14)26-9-8-25-15/h1-2,11,13H,3-10,12H2. The van der Waals surface area contributed by atoms with Crippen molar-refractivity contribution in [3.63, 3.8) is 0 Å². The maximum Gasteiger partial charge on any atom is 0.282 e. The fraction of sp³-hybridized carbons (Fsp3) is 0.526. The highest BCUT2D eigenvalue weighted by molar-refractivity contribution is 8.13. The summed E-state index contributed by atoms with van der Waals surface area (Å²) in [6.45, 7) is 2.89. The molecule has 2 saturated heterocycles. The molecule has 27 heavy (non-hydrogen) atoms. The summed E-state index contributed by atoms with van der Waals surface area (Å²) >= 11 is 1.26. The largest absolute Gasteiger partial charge is 0.486 e. The molecule has 0 atom stereocenters. The second-order valence-corrected chi connectivity index (χ2v) is 7.96. The Hall–Kier alpha value is -2.22. The molecule has 0 saturated carbocycles. The fourth-order valence-electron chi connectivity index (χ4n) is 3.66. The van der Waals surface area contributed by atoms with Gasteiger partial charge >= 0.3 is 0 Å². The second kappa shape index (κ2) is 7.80. The number of carbonyl (C=O) groups is 3. The molecule has 0 bridgehead atoms. The second-order valence-electron chi connectivity index (χ2n) is 6.91. The van der Waals surface area contributed by atoms with Crippen LogP contribution in [-0.2, 0) is 4.79 Å². The van der Waals surface area contributed by atoms with Crippen molar-refractivity contribution in [3.05, 3.63) is 23.8 Å². The zero-order valence-corrected chi connectivity index (χ0v) is 15.8. The summed E-state index contributed by atoms with van der Waals surface area (Å²) in [4.78, 5) is 40.3. The highest BCUT2D eigenvalue weighted by Crippen LogP contribution is 2.32. The molecule has 1 aromatic rings. The van der Waals surface area contributed by atoms with Gasteiger partial charge in [-0.15, -0.1) is 0 Å². The number of carbonyl (C=O) groups excluding carboxylic acids is 3. The zero-order chi connectivity index (χ0) is 18.8. The third-order valence-corrected chi connectivity index (χ3v) is 6.11. The van der Waals surface area contributed by atoms with Gasteiger partial charge in [0, 0.05) is 36.9 Å². The van der Waals surface area contributed by atoms with Crippen LogP contribution in [0.1, 0.15) is 23.2 Å². The van der Waals surface area contributed by atoms with Crippen LogP contribution in [0, 0.1) is 5.92 Å². The summed E-state index contributed by atoms with van der Waals surface area (Å²) in [6.07, 6.45) is 1.28. The Bertz CT molecular complexity index is 760. The normalized spacial score (nSPS) is 20.1. The minimum Gasteiger partial charge on any atom is -0.486 e. The van der Waals surface area contributed by atoms with Crippen LogP contribution in [0.2, 0.25) is 0 Å². The molecule has 0 N–H and O–H groups in total. The van der Waals surface area contributed by atoms with E-state index in [-0.39, 0.29) is 29.4 Å². The molecule has 0 aliphatic carbocycles. The van der Waals surface area contributed by atoms with Crippen LogP contribution >= 0.6 is 11.8 Å². The van der Waals surface area contributed by atoms with Gasteiger partial charge in [0.1, 0.15) is 19.8 Å². The Morgan fingerprint density at radius 3 is 2.52 bits per heavy atom. The van der Waals surface area contributed by atoms with Crippen molar-refractivity contribution in [3.8, 4) is 11.5 Å². The third kappa shape index (κ3) is 3.90. The lowest BCUT2D eigenvalue weighted by Crippen LogP contribution is -2.45. The molecule has 4 rings (SSSR count). The van der Waals surface area contributed by atoms with Crippen molar-refractivity contribution in [1.82, 2.24) is 9.80 Å². The number of likely N-dealkylation sites (tertiary alicyclic amines) is 1. The van der Waals surface area contributed by atoms with E-state index >= 15 is 0 Å². The van der Waals surface area contributed by atoms with E-state index in [0.29, 0.717) is 62.8 Å². The topological polar surface area (TPSA) is 76.2 Å². The van der Waals surface area contributed by atoms with Gasteiger partial charge in [-0.05, 0) is 31.0 Å². The number of rotatable bonds is 4. The molecule has 7 nitrogen and oxygen atoms in total. The number of piperidine rings is 1. The molecule has 2 fully saturated rings. The average molecular weight is 390 g/mol. The van der Waals surface area contributed by atoms with Gasteiger partial charge in [0.05, 0.1) is 0 Å². The van der Waals surface area contributed by atoms with Crippen LogP contribution in [0.3, 0.4) is 0 Å². The molecule has 3 aliphatic rings.